The highest BCUT2D eigenvalue weighted by Gasteiger charge is 2.31. The Morgan fingerprint density at radius 2 is 1.55 bits per heavy atom. The summed E-state index contributed by atoms with van der Waals surface area (Å²) < 4.78 is 2.18. The van der Waals surface area contributed by atoms with E-state index in [2.05, 4.69) is 39.6 Å². The van der Waals surface area contributed by atoms with Gasteiger partial charge in [-0.15, -0.1) is 0 Å². The van der Waals surface area contributed by atoms with Crippen molar-refractivity contribution < 1.29 is 4.79 Å². The van der Waals surface area contributed by atoms with Crippen molar-refractivity contribution >= 4 is 5.78 Å². The predicted molar refractivity (Wildman–Crippen MR) is 126 cm³/mol. The summed E-state index contributed by atoms with van der Waals surface area (Å²) in [6.07, 6.45) is 14.3. The summed E-state index contributed by atoms with van der Waals surface area (Å²) in [5.41, 5.74) is 1.36. The number of ketones is 1. The van der Waals surface area contributed by atoms with Crippen molar-refractivity contribution in [1.29, 1.82) is 0 Å². The fourth-order valence-corrected chi connectivity index (χ4v) is 6.11. The second-order valence-corrected chi connectivity index (χ2v) is 11.0. The highest BCUT2D eigenvalue weighted by Crippen LogP contribution is 2.31. The lowest BCUT2D eigenvalue weighted by atomic mass is 9.82. The molecule has 4 rings (SSSR count). The smallest absolute Gasteiger partial charge is 0.132 e. The van der Waals surface area contributed by atoms with Gasteiger partial charge < -0.3 is 9.80 Å². The molecule has 0 atom stereocenters. The molecule has 3 fully saturated rings. The van der Waals surface area contributed by atoms with Crippen molar-refractivity contribution in [3.63, 3.8) is 0 Å². The molecule has 3 heterocycles. The van der Waals surface area contributed by atoms with E-state index in [1.807, 2.05) is 6.20 Å². The van der Waals surface area contributed by atoms with Crippen LogP contribution in [0.3, 0.4) is 0 Å². The lowest BCUT2D eigenvalue weighted by molar-refractivity contribution is -0.122. The first-order valence-corrected chi connectivity index (χ1v) is 13.0. The maximum Gasteiger partial charge on any atom is 0.132 e. The largest absolute Gasteiger partial charge is 0.303 e. The summed E-state index contributed by atoms with van der Waals surface area (Å²) in [4.78, 5) is 17.1. The van der Waals surface area contributed by atoms with Crippen LogP contribution in [0.1, 0.15) is 83.6 Å². The number of carbonyl (C=O) groups excluding carboxylic acids is 1. The average Bonchev–Trinajstić information content (AvgIpc) is 3.25. The van der Waals surface area contributed by atoms with Crippen LogP contribution in [0.2, 0.25) is 0 Å². The summed E-state index contributed by atoms with van der Waals surface area (Å²) in [5.74, 6) is 2.98. The monoisotopic (exact) mass is 428 g/mol. The van der Waals surface area contributed by atoms with E-state index in [1.165, 1.54) is 76.8 Å². The lowest BCUT2D eigenvalue weighted by Crippen LogP contribution is -2.46. The Labute approximate surface area is 189 Å². The Morgan fingerprint density at radius 1 is 0.935 bits per heavy atom. The Kier molecular flexibility index (Phi) is 7.86. The van der Waals surface area contributed by atoms with Gasteiger partial charge in [0.25, 0.3) is 0 Å². The molecule has 5 heteroatoms. The van der Waals surface area contributed by atoms with Gasteiger partial charge in [0, 0.05) is 31.2 Å². The zero-order valence-corrected chi connectivity index (χ0v) is 20.1. The van der Waals surface area contributed by atoms with Crippen LogP contribution >= 0.6 is 0 Å². The van der Waals surface area contributed by atoms with Crippen LogP contribution in [0, 0.1) is 17.8 Å². The minimum absolute atomic E-state index is 0.349. The third kappa shape index (κ3) is 6.19. The molecule has 2 saturated heterocycles. The number of hydrogen-bond donors (Lipinski definition) is 0. The molecular formula is C26H44N4O. The molecule has 1 aliphatic carbocycles. The maximum atomic E-state index is 11.6. The summed E-state index contributed by atoms with van der Waals surface area (Å²) in [6, 6.07) is 0.741. The fraction of sp³-hybridized carbons (Fsp3) is 0.846. The normalized spacial score (nSPS) is 27.7. The third-order valence-corrected chi connectivity index (χ3v) is 8.43. The highest BCUT2D eigenvalue weighted by molar-refractivity contribution is 5.78. The number of aromatic nitrogens is 2. The standard InChI is InChI=1S/C26H44N4O/c1-20(2)25-16-27-30(19-25)18-23-8-12-28(13-9-23)17-22-10-14-29(15-11-22)26-6-4-24(5-7-26)21(3)31/h16,19-20,22-24,26H,4-15,17-18H2,1-3H3/t24-,26-. The van der Waals surface area contributed by atoms with Crippen molar-refractivity contribution in [2.45, 2.75) is 90.6 Å². The van der Waals surface area contributed by atoms with Gasteiger partial charge in [-0.2, -0.15) is 5.10 Å². The second-order valence-electron chi connectivity index (χ2n) is 11.0. The molecule has 0 bridgehead atoms. The molecule has 0 radical (unpaired) electrons. The zero-order chi connectivity index (χ0) is 21.8. The Balaban J connectivity index is 1.13. The fourth-order valence-electron chi connectivity index (χ4n) is 6.11. The predicted octanol–water partition coefficient (Wildman–Crippen LogP) is 4.58. The topological polar surface area (TPSA) is 41.4 Å². The van der Waals surface area contributed by atoms with E-state index in [0.29, 0.717) is 17.6 Å². The number of rotatable bonds is 7. The van der Waals surface area contributed by atoms with Gasteiger partial charge in [0.1, 0.15) is 5.78 Å². The number of likely N-dealkylation sites (tertiary alicyclic amines) is 2. The van der Waals surface area contributed by atoms with Crippen molar-refractivity contribution in [2.24, 2.45) is 17.8 Å². The molecule has 174 valence electrons. The zero-order valence-electron chi connectivity index (χ0n) is 20.1. The van der Waals surface area contributed by atoms with Gasteiger partial charge in [0.2, 0.25) is 0 Å². The lowest BCUT2D eigenvalue weighted by Gasteiger charge is -2.42. The van der Waals surface area contributed by atoms with Crippen LogP contribution in [0.4, 0.5) is 0 Å². The molecule has 2 aliphatic heterocycles. The van der Waals surface area contributed by atoms with E-state index in [1.54, 1.807) is 6.92 Å². The van der Waals surface area contributed by atoms with Gasteiger partial charge in [-0.3, -0.25) is 9.48 Å². The molecule has 0 amide bonds. The number of carbonyl (C=O) groups is 1. The highest BCUT2D eigenvalue weighted by atomic mass is 16.1. The summed E-state index contributed by atoms with van der Waals surface area (Å²) in [6.45, 7) is 13.7. The van der Waals surface area contributed by atoms with Gasteiger partial charge in [0.15, 0.2) is 0 Å². The third-order valence-electron chi connectivity index (χ3n) is 8.43. The van der Waals surface area contributed by atoms with Crippen LogP contribution in [0.25, 0.3) is 0 Å². The molecule has 0 aromatic carbocycles. The average molecular weight is 429 g/mol. The number of piperidine rings is 2. The quantitative estimate of drug-likeness (QED) is 0.637. The first-order valence-electron chi connectivity index (χ1n) is 13.0. The Hall–Kier alpha value is -1.20. The van der Waals surface area contributed by atoms with Gasteiger partial charge in [0.05, 0.1) is 6.20 Å². The van der Waals surface area contributed by atoms with Crippen molar-refractivity contribution in [2.75, 3.05) is 32.7 Å². The van der Waals surface area contributed by atoms with Crippen LogP contribution in [-0.2, 0) is 11.3 Å². The maximum absolute atomic E-state index is 11.6. The van der Waals surface area contributed by atoms with E-state index in [-0.39, 0.29) is 0 Å². The molecule has 1 saturated carbocycles. The molecule has 5 nitrogen and oxygen atoms in total. The van der Waals surface area contributed by atoms with Gasteiger partial charge in [-0.1, -0.05) is 13.8 Å². The van der Waals surface area contributed by atoms with Gasteiger partial charge in [-0.25, -0.2) is 0 Å². The van der Waals surface area contributed by atoms with E-state index in [0.717, 1.165) is 37.3 Å². The summed E-state index contributed by atoms with van der Waals surface area (Å²) in [7, 11) is 0. The molecule has 31 heavy (non-hydrogen) atoms. The van der Waals surface area contributed by atoms with Crippen molar-refractivity contribution in [1.82, 2.24) is 19.6 Å². The number of Topliss-reactive ketones (excluding diaryl/α,β-unsaturated/α-hetero) is 1. The van der Waals surface area contributed by atoms with Crippen molar-refractivity contribution in [3.05, 3.63) is 18.0 Å². The molecule has 0 N–H and O–H groups in total. The van der Waals surface area contributed by atoms with Crippen LogP contribution in [0.15, 0.2) is 12.4 Å². The van der Waals surface area contributed by atoms with E-state index < -0.39 is 0 Å². The molecular weight excluding hydrogens is 384 g/mol. The van der Waals surface area contributed by atoms with E-state index in [4.69, 9.17) is 0 Å². The Morgan fingerprint density at radius 3 is 2.13 bits per heavy atom. The summed E-state index contributed by atoms with van der Waals surface area (Å²) >= 11 is 0. The first-order chi connectivity index (χ1) is 15.0. The molecule has 3 aliphatic rings. The SMILES string of the molecule is CC(=O)[C@H]1CC[C@H](N2CCC(CN3CCC(Cn4cc(C(C)C)cn4)CC3)CC2)CC1. The number of hydrogen-bond acceptors (Lipinski definition) is 4. The molecule has 0 unspecified atom stereocenters. The first kappa shape index (κ1) is 23.0. The van der Waals surface area contributed by atoms with E-state index >= 15 is 0 Å². The van der Waals surface area contributed by atoms with Crippen LogP contribution < -0.4 is 0 Å². The number of nitrogens with zero attached hydrogens (tertiary/aromatic N) is 4. The minimum atomic E-state index is 0.349. The minimum Gasteiger partial charge on any atom is -0.303 e. The second kappa shape index (κ2) is 10.6. The van der Waals surface area contributed by atoms with Crippen molar-refractivity contribution in [3.8, 4) is 0 Å². The summed E-state index contributed by atoms with van der Waals surface area (Å²) in [5, 5.41) is 4.58. The van der Waals surface area contributed by atoms with Crippen LogP contribution in [-0.4, -0.2) is 64.1 Å². The van der Waals surface area contributed by atoms with Gasteiger partial charge in [-0.05, 0) is 108 Å². The van der Waals surface area contributed by atoms with Gasteiger partial charge >= 0.3 is 0 Å². The Bertz CT molecular complexity index is 690. The molecule has 1 aromatic heterocycles. The molecule has 0 spiro atoms. The molecule has 1 aromatic rings. The van der Waals surface area contributed by atoms with E-state index in [9.17, 15) is 4.79 Å². The van der Waals surface area contributed by atoms with Crippen LogP contribution in [0.5, 0.6) is 0 Å².